The summed E-state index contributed by atoms with van der Waals surface area (Å²) in [6.45, 7) is 3.67. The van der Waals surface area contributed by atoms with Crippen molar-refractivity contribution in [2.24, 2.45) is 0 Å². The third-order valence-corrected chi connectivity index (χ3v) is 5.69. The Kier molecular flexibility index (Phi) is 8.10. The molecule has 0 spiro atoms. The van der Waals surface area contributed by atoms with E-state index in [1.54, 1.807) is 18.3 Å². The highest BCUT2D eigenvalue weighted by Gasteiger charge is 2.28. The minimum atomic E-state index is -0.998. The van der Waals surface area contributed by atoms with Gasteiger partial charge in [-0.2, -0.15) is 0 Å². The maximum absolute atomic E-state index is 13.7. The molecule has 1 aromatic carbocycles. The molecule has 2 atom stereocenters. The summed E-state index contributed by atoms with van der Waals surface area (Å²) < 4.78 is 27.0. The molecule has 32 heavy (non-hydrogen) atoms. The molecule has 4 N–H and O–H groups in total. The summed E-state index contributed by atoms with van der Waals surface area (Å²) in [4.78, 5) is 31.9. The number of likely N-dealkylation sites (tertiary alicyclic amines) is 1. The Morgan fingerprint density at radius 1 is 1.06 bits per heavy atom. The number of nitrogens with two attached hydrogens (primary N) is 1. The zero-order valence-electron chi connectivity index (χ0n) is 18.1. The molecule has 1 aliphatic rings. The fourth-order valence-corrected chi connectivity index (χ4v) is 3.73. The van der Waals surface area contributed by atoms with Crippen molar-refractivity contribution >= 4 is 17.6 Å². The van der Waals surface area contributed by atoms with Gasteiger partial charge in [0, 0.05) is 19.2 Å². The largest absolute Gasteiger partial charge is 0.384 e. The van der Waals surface area contributed by atoms with E-state index in [2.05, 4.69) is 20.5 Å². The number of amides is 2. The van der Waals surface area contributed by atoms with Crippen LogP contribution >= 0.6 is 0 Å². The highest BCUT2D eigenvalue weighted by molar-refractivity contribution is 5.89. The van der Waals surface area contributed by atoms with Crippen LogP contribution in [-0.2, 0) is 22.6 Å². The van der Waals surface area contributed by atoms with Crippen molar-refractivity contribution in [3.63, 3.8) is 0 Å². The number of nitrogen functional groups attached to an aromatic ring is 1. The van der Waals surface area contributed by atoms with Crippen molar-refractivity contribution in [3.8, 4) is 0 Å². The molecule has 1 fully saturated rings. The lowest BCUT2D eigenvalue weighted by Gasteiger charge is -2.32. The molecular weight excluding hydrogens is 416 g/mol. The van der Waals surface area contributed by atoms with E-state index in [9.17, 15) is 18.4 Å². The first-order valence-electron chi connectivity index (χ1n) is 10.8. The van der Waals surface area contributed by atoms with Gasteiger partial charge in [0.25, 0.3) is 0 Å². The number of halogens is 2. The number of aromatic nitrogens is 1. The van der Waals surface area contributed by atoms with Gasteiger partial charge in [0.2, 0.25) is 11.8 Å². The fourth-order valence-electron chi connectivity index (χ4n) is 3.73. The van der Waals surface area contributed by atoms with Crippen molar-refractivity contribution in [3.05, 3.63) is 59.3 Å². The molecule has 1 unspecified atom stereocenters. The Morgan fingerprint density at radius 2 is 1.78 bits per heavy atom. The summed E-state index contributed by atoms with van der Waals surface area (Å²) in [5.74, 6) is -2.29. The first kappa shape index (κ1) is 23.6. The Morgan fingerprint density at radius 3 is 2.44 bits per heavy atom. The molecular formula is C23H29F2N5O2. The van der Waals surface area contributed by atoms with Crippen molar-refractivity contribution in [1.29, 1.82) is 0 Å². The molecule has 0 aliphatic carbocycles. The van der Waals surface area contributed by atoms with E-state index < -0.39 is 29.6 Å². The van der Waals surface area contributed by atoms with E-state index in [0.717, 1.165) is 50.0 Å². The molecule has 1 saturated heterocycles. The highest BCUT2D eigenvalue weighted by Crippen LogP contribution is 2.14. The zero-order chi connectivity index (χ0) is 23.1. The van der Waals surface area contributed by atoms with Gasteiger partial charge in [0.05, 0.1) is 6.04 Å². The molecule has 172 valence electrons. The molecule has 2 amide bonds. The summed E-state index contributed by atoms with van der Waals surface area (Å²) >= 11 is 0. The average Bonchev–Trinajstić information content (AvgIpc) is 2.80. The number of anilines is 1. The van der Waals surface area contributed by atoms with Crippen LogP contribution in [0.5, 0.6) is 0 Å². The summed E-state index contributed by atoms with van der Waals surface area (Å²) in [5.41, 5.74) is 6.73. The molecule has 0 saturated carbocycles. The number of nitrogens with zero attached hydrogens (tertiary/aromatic N) is 2. The molecule has 3 rings (SSSR count). The molecule has 7 nitrogen and oxygen atoms in total. The molecule has 2 aromatic rings. The van der Waals surface area contributed by atoms with Crippen LogP contribution in [0.4, 0.5) is 14.6 Å². The highest BCUT2D eigenvalue weighted by atomic mass is 19.2. The SMILES string of the molecule is CC(C(=O)N[C@@H](Cc1ccc(F)c(F)c1)C(=O)NCc1ccc(N)nc1)N1CCCCC1. The van der Waals surface area contributed by atoms with Gasteiger partial charge in [-0.3, -0.25) is 14.5 Å². The number of carbonyl (C=O) groups excluding carboxylic acids is 2. The molecule has 0 bridgehead atoms. The van der Waals surface area contributed by atoms with Crippen LogP contribution in [0.3, 0.4) is 0 Å². The van der Waals surface area contributed by atoms with Gasteiger partial charge in [-0.25, -0.2) is 13.8 Å². The van der Waals surface area contributed by atoms with Crippen molar-refractivity contribution in [2.75, 3.05) is 18.8 Å². The second-order valence-electron chi connectivity index (χ2n) is 8.10. The Bertz CT molecular complexity index is 932. The van der Waals surface area contributed by atoms with E-state index in [1.165, 1.54) is 6.07 Å². The molecule has 2 heterocycles. The van der Waals surface area contributed by atoms with E-state index in [-0.39, 0.29) is 18.9 Å². The van der Waals surface area contributed by atoms with Crippen LogP contribution in [0.1, 0.15) is 37.3 Å². The van der Waals surface area contributed by atoms with Gasteiger partial charge < -0.3 is 16.4 Å². The van der Waals surface area contributed by atoms with Crippen LogP contribution in [0.15, 0.2) is 36.5 Å². The summed E-state index contributed by atoms with van der Waals surface area (Å²) in [6.07, 6.45) is 4.79. The van der Waals surface area contributed by atoms with E-state index in [0.29, 0.717) is 11.4 Å². The van der Waals surface area contributed by atoms with E-state index in [4.69, 9.17) is 5.73 Å². The zero-order valence-corrected chi connectivity index (χ0v) is 18.1. The minimum absolute atomic E-state index is 0.0292. The third kappa shape index (κ3) is 6.46. The first-order valence-corrected chi connectivity index (χ1v) is 10.8. The average molecular weight is 446 g/mol. The van der Waals surface area contributed by atoms with Crippen LogP contribution in [0, 0.1) is 11.6 Å². The van der Waals surface area contributed by atoms with Crippen molar-refractivity contribution in [2.45, 2.75) is 51.2 Å². The summed E-state index contributed by atoms with van der Waals surface area (Å²) in [7, 11) is 0. The fraction of sp³-hybridized carbons (Fsp3) is 0.435. The van der Waals surface area contributed by atoms with Gasteiger partial charge in [-0.05, 0) is 62.2 Å². The maximum Gasteiger partial charge on any atom is 0.243 e. The van der Waals surface area contributed by atoms with Gasteiger partial charge >= 0.3 is 0 Å². The van der Waals surface area contributed by atoms with Gasteiger partial charge in [-0.1, -0.05) is 18.6 Å². The topological polar surface area (TPSA) is 100 Å². The number of carbonyl (C=O) groups is 2. The molecule has 1 aromatic heterocycles. The van der Waals surface area contributed by atoms with Crippen LogP contribution in [-0.4, -0.2) is 46.9 Å². The lowest BCUT2D eigenvalue weighted by molar-refractivity contribution is -0.132. The Balaban J connectivity index is 1.70. The van der Waals surface area contributed by atoms with Crippen molar-refractivity contribution < 1.29 is 18.4 Å². The minimum Gasteiger partial charge on any atom is -0.384 e. The molecule has 0 radical (unpaired) electrons. The number of benzene rings is 1. The quantitative estimate of drug-likeness (QED) is 0.578. The molecule has 9 heteroatoms. The van der Waals surface area contributed by atoms with E-state index >= 15 is 0 Å². The second-order valence-corrected chi connectivity index (χ2v) is 8.10. The lowest BCUT2D eigenvalue weighted by Crippen LogP contribution is -2.54. The smallest absolute Gasteiger partial charge is 0.243 e. The number of pyridine rings is 1. The number of nitrogens with one attached hydrogen (secondary N) is 2. The lowest BCUT2D eigenvalue weighted by atomic mass is 10.0. The second kappa shape index (κ2) is 11.0. The third-order valence-electron chi connectivity index (χ3n) is 5.69. The van der Waals surface area contributed by atoms with Crippen molar-refractivity contribution in [1.82, 2.24) is 20.5 Å². The monoisotopic (exact) mass is 445 g/mol. The van der Waals surface area contributed by atoms with Gasteiger partial charge in [-0.15, -0.1) is 0 Å². The van der Waals surface area contributed by atoms with E-state index in [1.807, 2.05) is 6.92 Å². The van der Waals surface area contributed by atoms with Crippen LogP contribution in [0.25, 0.3) is 0 Å². The Hall–Kier alpha value is -3.07. The van der Waals surface area contributed by atoms with Gasteiger partial charge in [0.1, 0.15) is 11.9 Å². The molecule has 1 aliphatic heterocycles. The number of hydrogen-bond donors (Lipinski definition) is 3. The number of rotatable bonds is 8. The number of hydrogen-bond acceptors (Lipinski definition) is 5. The maximum atomic E-state index is 13.7. The summed E-state index contributed by atoms with van der Waals surface area (Å²) in [6, 6.07) is 5.49. The summed E-state index contributed by atoms with van der Waals surface area (Å²) in [5, 5.41) is 5.57. The van der Waals surface area contributed by atoms with Gasteiger partial charge in [0.15, 0.2) is 11.6 Å². The number of piperidine rings is 1. The standard InChI is InChI=1S/C23H29F2N5O2/c1-15(30-9-3-2-4-10-30)22(31)29-20(12-16-5-7-18(24)19(25)11-16)23(32)28-14-17-6-8-21(26)27-13-17/h5-8,11,13,15,20H,2-4,9-10,12,14H2,1H3,(H2,26,27)(H,28,32)(H,29,31)/t15?,20-/m0/s1. The normalized spacial score (nSPS) is 16.2. The van der Waals surface area contributed by atoms with Crippen LogP contribution < -0.4 is 16.4 Å². The first-order chi connectivity index (χ1) is 15.3. The predicted octanol–water partition coefficient (Wildman–Crippen LogP) is 2.16. The Labute approximate surface area is 186 Å². The predicted molar refractivity (Wildman–Crippen MR) is 117 cm³/mol. The van der Waals surface area contributed by atoms with Crippen LogP contribution in [0.2, 0.25) is 0 Å².